The second-order valence-electron chi connectivity index (χ2n) is 4.74. The lowest BCUT2D eigenvalue weighted by atomic mass is 9.92. The van der Waals surface area contributed by atoms with Crippen molar-refractivity contribution < 1.29 is 14.7 Å². The molecule has 2 N–H and O–H groups in total. The van der Waals surface area contributed by atoms with Crippen LogP contribution in [-0.2, 0) is 9.59 Å². The molecule has 0 bridgehead atoms. The maximum absolute atomic E-state index is 11.8. The van der Waals surface area contributed by atoms with Crippen molar-refractivity contribution in [2.24, 2.45) is 17.8 Å². The molecule has 0 aliphatic heterocycles. The van der Waals surface area contributed by atoms with E-state index in [1.54, 1.807) is 13.8 Å². The Labute approximate surface area is 97.4 Å². The summed E-state index contributed by atoms with van der Waals surface area (Å²) in [6, 6.07) is -0.793. The summed E-state index contributed by atoms with van der Waals surface area (Å²) in [5.41, 5.74) is 0. The van der Waals surface area contributed by atoms with Gasteiger partial charge in [0.25, 0.3) is 0 Å². The monoisotopic (exact) mass is 229 g/mol. The molecule has 0 rings (SSSR count). The van der Waals surface area contributed by atoms with Crippen LogP contribution in [0.15, 0.2) is 0 Å². The number of hydrogen-bond donors (Lipinski definition) is 2. The van der Waals surface area contributed by atoms with Crippen LogP contribution < -0.4 is 5.32 Å². The molecule has 4 heteroatoms. The first-order valence-electron chi connectivity index (χ1n) is 5.84. The first-order chi connectivity index (χ1) is 7.31. The second kappa shape index (κ2) is 6.51. The molecule has 0 saturated heterocycles. The topological polar surface area (TPSA) is 66.4 Å². The Hall–Kier alpha value is -1.06. The van der Waals surface area contributed by atoms with E-state index in [0.29, 0.717) is 0 Å². The molecule has 4 nitrogen and oxygen atoms in total. The van der Waals surface area contributed by atoms with E-state index in [-0.39, 0.29) is 23.7 Å². The summed E-state index contributed by atoms with van der Waals surface area (Å²) in [5.74, 6) is -1.13. The van der Waals surface area contributed by atoms with Crippen molar-refractivity contribution in [3.63, 3.8) is 0 Å². The Bertz CT molecular complexity index is 251. The highest BCUT2D eigenvalue weighted by molar-refractivity contribution is 5.85. The number of carboxylic acids is 1. The number of amides is 1. The molecule has 16 heavy (non-hydrogen) atoms. The number of rotatable bonds is 6. The van der Waals surface area contributed by atoms with Crippen molar-refractivity contribution in [2.45, 2.75) is 47.1 Å². The largest absolute Gasteiger partial charge is 0.480 e. The van der Waals surface area contributed by atoms with Crippen LogP contribution in [0.4, 0.5) is 0 Å². The number of carbonyl (C=O) groups excluding carboxylic acids is 1. The number of nitrogens with one attached hydrogen (secondary N) is 1. The molecule has 0 aromatic heterocycles. The number of aliphatic carboxylic acids is 1. The lowest BCUT2D eigenvalue weighted by Gasteiger charge is -2.23. The Kier molecular flexibility index (Phi) is 6.08. The highest BCUT2D eigenvalue weighted by Crippen LogP contribution is 2.15. The van der Waals surface area contributed by atoms with Gasteiger partial charge >= 0.3 is 5.97 Å². The van der Waals surface area contributed by atoms with E-state index in [9.17, 15) is 9.59 Å². The molecule has 94 valence electrons. The summed E-state index contributed by atoms with van der Waals surface area (Å²) >= 11 is 0. The normalized spacial score (nSPS) is 16.6. The van der Waals surface area contributed by atoms with Crippen molar-refractivity contribution in [2.75, 3.05) is 0 Å². The van der Waals surface area contributed by atoms with E-state index in [4.69, 9.17) is 5.11 Å². The fraction of sp³-hybridized carbons (Fsp3) is 0.833. The van der Waals surface area contributed by atoms with Gasteiger partial charge in [-0.1, -0.05) is 41.0 Å². The van der Waals surface area contributed by atoms with Crippen molar-refractivity contribution >= 4 is 11.9 Å². The summed E-state index contributed by atoms with van der Waals surface area (Å²) < 4.78 is 0. The Balaban J connectivity index is 4.46. The fourth-order valence-corrected chi connectivity index (χ4v) is 1.41. The zero-order valence-corrected chi connectivity index (χ0v) is 10.8. The van der Waals surface area contributed by atoms with Crippen LogP contribution in [0.25, 0.3) is 0 Å². The van der Waals surface area contributed by atoms with Gasteiger partial charge in [-0.25, -0.2) is 4.79 Å². The third kappa shape index (κ3) is 4.21. The number of carbonyl (C=O) groups is 2. The van der Waals surface area contributed by atoms with Gasteiger partial charge in [0.05, 0.1) is 0 Å². The molecule has 0 radical (unpaired) electrons. The van der Waals surface area contributed by atoms with Crippen molar-refractivity contribution in [1.29, 1.82) is 0 Å². The first-order valence-corrected chi connectivity index (χ1v) is 5.84. The summed E-state index contributed by atoms with van der Waals surface area (Å²) in [6.07, 6.45) is 0.911. The molecule has 0 aromatic carbocycles. The van der Waals surface area contributed by atoms with E-state index >= 15 is 0 Å². The number of hydrogen-bond acceptors (Lipinski definition) is 2. The predicted octanol–water partition coefficient (Wildman–Crippen LogP) is 1.89. The van der Waals surface area contributed by atoms with E-state index in [1.807, 2.05) is 20.8 Å². The summed E-state index contributed by atoms with van der Waals surface area (Å²) in [6.45, 7) is 9.42. The molecule has 1 amide bonds. The van der Waals surface area contributed by atoms with Gasteiger partial charge in [-0.15, -0.1) is 0 Å². The highest BCUT2D eigenvalue weighted by atomic mass is 16.4. The van der Waals surface area contributed by atoms with Gasteiger partial charge in [0.15, 0.2) is 0 Å². The van der Waals surface area contributed by atoms with Crippen LogP contribution in [0, 0.1) is 17.8 Å². The Morgan fingerprint density at radius 3 is 2.00 bits per heavy atom. The minimum Gasteiger partial charge on any atom is -0.480 e. The Morgan fingerprint density at radius 2 is 1.69 bits per heavy atom. The van der Waals surface area contributed by atoms with E-state index in [2.05, 4.69) is 5.32 Å². The minimum absolute atomic E-state index is 0.106. The van der Waals surface area contributed by atoms with Gasteiger partial charge < -0.3 is 10.4 Å². The molecule has 0 aliphatic carbocycles. The second-order valence-corrected chi connectivity index (χ2v) is 4.74. The Morgan fingerprint density at radius 1 is 1.19 bits per heavy atom. The third-order valence-corrected chi connectivity index (χ3v) is 3.14. The van der Waals surface area contributed by atoms with Crippen molar-refractivity contribution in [3.8, 4) is 0 Å². The summed E-state index contributed by atoms with van der Waals surface area (Å²) in [5, 5.41) is 11.5. The molecule has 0 fully saturated rings. The van der Waals surface area contributed by atoms with Crippen molar-refractivity contribution in [3.05, 3.63) is 0 Å². The predicted molar refractivity (Wildman–Crippen MR) is 63.0 cm³/mol. The molecule has 3 unspecified atom stereocenters. The van der Waals surface area contributed by atoms with Crippen LogP contribution in [0.5, 0.6) is 0 Å². The third-order valence-electron chi connectivity index (χ3n) is 3.14. The molecule has 0 heterocycles. The van der Waals surface area contributed by atoms with Crippen LogP contribution in [-0.4, -0.2) is 23.0 Å². The van der Waals surface area contributed by atoms with Crippen molar-refractivity contribution in [1.82, 2.24) is 5.32 Å². The van der Waals surface area contributed by atoms with Gasteiger partial charge in [0, 0.05) is 5.92 Å². The van der Waals surface area contributed by atoms with E-state index in [1.165, 1.54) is 0 Å². The van der Waals surface area contributed by atoms with Gasteiger partial charge in [-0.05, 0) is 11.8 Å². The lowest BCUT2D eigenvalue weighted by Crippen LogP contribution is -2.47. The highest BCUT2D eigenvalue weighted by Gasteiger charge is 2.27. The van der Waals surface area contributed by atoms with Crippen LogP contribution >= 0.6 is 0 Å². The quantitative estimate of drug-likeness (QED) is 0.731. The minimum atomic E-state index is -0.972. The first kappa shape index (κ1) is 14.9. The van der Waals surface area contributed by atoms with Gasteiger partial charge in [-0.3, -0.25) is 4.79 Å². The zero-order chi connectivity index (χ0) is 12.9. The maximum Gasteiger partial charge on any atom is 0.326 e. The lowest BCUT2D eigenvalue weighted by molar-refractivity contribution is -0.144. The van der Waals surface area contributed by atoms with Crippen LogP contribution in [0.2, 0.25) is 0 Å². The summed E-state index contributed by atoms with van der Waals surface area (Å²) in [7, 11) is 0. The average molecular weight is 229 g/mol. The zero-order valence-electron chi connectivity index (χ0n) is 10.8. The fourth-order valence-electron chi connectivity index (χ4n) is 1.41. The molecule has 0 aliphatic rings. The molecule has 0 spiro atoms. The summed E-state index contributed by atoms with van der Waals surface area (Å²) in [4.78, 5) is 22.7. The van der Waals surface area contributed by atoms with Gasteiger partial charge in [-0.2, -0.15) is 0 Å². The molecular formula is C12H23NO3. The van der Waals surface area contributed by atoms with E-state index in [0.717, 1.165) is 6.42 Å². The molecular weight excluding hydrogens is 206 g/mol. The molecule has 3 atom stereocenters. The maximum atomic E-state index is 11.8. The molecule has 0 aromatic rings. The van der Waals surface area contributed by atoms with Crippen LogP contribution in [0.3, 0.4) is 0 Å². The van der Waals surface area contributed by atoms with E-state index < -0.39 is 12.0 Å². The smallest absolute Gasteiger partial charge is 0.326 e. The standard InChI is InChI=1S/C12H23NO3/c1-6-8(4)9(5)11(14)13-10(7(2)3)12(15)16/h7-10H,6H2,1-5H3,(H,13,14)(H,15,16). The number of carboxylic acid groups (broad SMARTS) is 1. The average Bonchev–Trinajstić information content (AvgIpc) is 2.22. The molecule has 0 saturated carbocycles. The van der Waals surface area contributed by atoms with Gasteiger partial charge in [0.2, 0.25) is 5.91 Å². The van der Waals surface area contributed by atoms with Gasteiger partial charge in [0.1, 0.15) is 6.04 Å². The van der Waals surface area contributed by atoms with Crippen LogP contribution in [0.1, 0.15) is 41.0 Å². The SMILES string of the molecule is CCC(C)C(C)C(=O)NC(C(=O)O)C(C)C.